The molecule has 170 valence electrons. The van der Waals surface area contributed by atoms with Crippen LogP contribution in [0, 0.1) is 5.92 Å². The summed E-state index contributed by atoms with van der Waals surface area (Å²) in [7, 11) is 0. The molecule has 0 aliphatic carbocycles. The second-order valence-corrected chi connectivity index (χ2v) is 10.3. The van der Waals surface area contributed by atoms with Gasteiger partial charge in [0.15, 0.2) is 0 Å². The van der Waals surface area contributed by atoms with Crippen molar-refractivity contribution in [3.05, 3.63) is 58.8 Å². The number of carbonyl (C=O) groups is 1. The molecule has 0 unspecified atom stereocenters. The number of piperidine rings is 1. The summed E-state index contributed by atoms with van der Waals surface area (Å²) in [5.41, 5.74) is 3.20. The third-order valence-corrected chi connectivity index (χ3v) is 6.78. The molecule has 0 saturated carbocycles. The highest BCUT2D eigenvalue weighted by atomic mass is 79.9. The smallest absolute Gasteiger partial charge is 0.227 e. The van der Waals surface area contributed by atoms with Crippen molar-refractivity contribution >= 4 is 32.9 Å². The van der Waals surface area contributed by atoms with Gasteiger partial charge in [0, 0.05) is 28.8 Å². The maximum atomic E-state index is 13.3. The van der Waals surface area contributed by atoms with Crippen LogP contribution >= 0.6 is 15.9 Å². The van der Waals surface area contributed by atoms with E-state index in [1.165, 1.54) is 0 Å². The van der Waals surface area contributed by atoms with Crippen molar-refractivity contribution in [2.24, 2.45) is 5.92 Å². The lowest BCUT2D eigenvalue weighted by Crippen LogP contribution is -2.49. The maximum absolute atomic E-state index is 13.3. The van der Waals surface area contributed by atoms with E-state index >= 15 is 0 Å². The van der Waals surface area contributed by atoms with Gasteiger partial charge in [0.25, 0.3) is 0 Å². The fraction of sp³-hybridized carbons (Fsp3) is 0.462. The molecule has 1 aliphatic heterocycles. The van der Waals surface area contributed by atoms with Gasteiger partial charge in [0.1, 0.15) is 5.82 Å². The Hall–Kier alpha value is -2.18. The van der Waals surface area contributed by atoms with Crippen molar-refractivity contribution in [2.75, 3.05) is 13.1 Å². The zero-order valence-corrected chi connectivity index (χ0v) is 21.0. The molecular formula is C26H33BrN4O. The molecule has 6 heteroatoms. The van der Waals surface area contributed by atoms with Crippen LogP contribution in [-0.2, 0) is 11.3 Å². The Kier molecular flexibility index (Phi) is 7.01. The predicted octanol–water partition coefficient (Wildman–Crippen LogP) is 5.65. The molecule has 1 saturated heterocycles. The third-order valence-electron chi connectivity index (χ3n) is 6.28. The molecule has 1 fully saturated rings. The number of nitrogens with zero attached hydrogens (tertiary/aromatic N) is 4. The molecule has 5 nitrogen and oxygen atoms in total. The Morgan fingerprint density at radius 2 is 1.88 bits per heavy atom. The third kappa shape index (κ3) is 4.76. The monoisotopic (exact) mass is 496 g/mol. The number of carbonyl (C=O) groups excluding carboxylic acids is 1. The minimum atomic E-state index is 0.0530. The molecule has 1 aliphatic rings. The number of likely N-dealkylation sites (tertiary alicyclic amines) is 1. The number of benzene rings is 2. The Balaban J connectivity index is 1.61. The molecule has 0 N–H and O–H groups in total. The average Bonchev–Trinajstić information content (AvgIpc) is 3.11. The zero-order chi connectivity index (χ0) is 22.8. The SMILES string of the molecule is CC(C)N(C(=O)[C@H]1CCCN(Cc2nc3ccccc3n2-c2cccc(Br)c2)C1)C(C)C. The lowest BCUT2D eigenvalue weighted by Gasteiger charge is -2.38. The summed E-state index contributed by atoms with van der Waals surface area (Å²) in [6, 6.07) is 17.1. The van der Waals surface area contributed by atoms with Crippen molar-refractivity contribution in [3.63, 3.8) is 0 Å². The summed E-state index contributed by atoms with van der Waals surface area (Å²) >= 11 is 3.61. The van der Waals surface area contributed by atoms with Crippen molar-refractivity contribution in [3.8, 4) is 5.69 Å². The van der Waals surface area contributed by atoms with Crippen molar-refractivity contribution in [1.82, 2.24) is 19.4 Å². The molecule has 4 rings (SSSR count). The summed E-state index contributed by atoms with van der Waals surface area (Å²) in [6.45, 7) is 11.0. The Labute approximate surface area is 199 Å². The highest BCUT2D eigenvalue weighted by Gasteiger charge is 2.32. The summed E-state index contributed by atoms with van der Waals surface area (Å²) in [6.07, 6.45) is 2.00. The van der Waals surface area contributed by atoms with Crippen LogP contribution in [0.2, 0.25) is 0 Å². The van der Waals surface area contributed by atoms with Gasteiger partial charge in [-0.3, -0.25) is 14.3 Å². The number of hydrogen-bond donors (Lipinski definition) is 0. The molecule has 1 atom stereocenters. The van der Waals surface area contributed by atoms with Crippen LogP contribution in [-0.4, -0.2) is 50.4 Å². The fourth-order valence-electron chi connectivity index (χ4n) is 5.00. The van der Waals surface area contributed by atoms with Gasteiger partial charge in [-0.2, -0.15) is 0 Å². The van der Waals surface area contributed by atoms with Gasteiger partial charge in [-0.15, -0.1) is 0 Å². The minimum Gasteiger partial charge on any atom is -0.338 e. The summed E-state index contributed by atoms with van der Waals surface area (Å²) in [5.74, 6) is 1.36. The van der Waals surface area contributed by atoms with Gasteiger partial charge >= 0.3 is 0 Å². The average molecular weight is 497 g/mol. The second-order valence-electron chi connectivity index (χ2n) is 9.34. The van der Waals surface area contributed by atoms with E-state index in [0.29, 0.717) is 5.91 Å². The molecule has 1 aromatic heterocycles. The van der Waals surface area contributed by atoms with Crippen molar-refractivity contribution in [1.29, 1.82) is 0 Å². The van der Waals surface area contributed by atoms with E-state index in [1.807, 2.05) is 17.0 Å². The largest absolute Gasteiger partial charge is 0.338 e. The van der Waals surface area contributed by atoms with E-state index in [-0.39, 0.29) is 18.0 Å². The highest BCUT2D eigenvalue weighted by Crippen LogP contribution is 2.27. The van der Waals surface area contributed by atoms with E-state index in [2.05, 4.69) is 89.5 Å². The highest BCUT2D eigenvalue weighted by molar-refractivity contribution is 9.10. The molecular weight excluding hydrogens is 464 g/mol. The molecule has 32 heavy (non-hydrogen) atoms. The number of para-hydroxylation sites is 2. The molecule has 0 bridgehead atoms. The quantitative estimate of drug-likeness (QED) is 0.442. The number of fused-ring (bicyclic) bond motifs is 1. The van der Waals surface area contributed by atoms with E-state index in [4.69, 9.17) is 4.98 Å². The number of rotatable bonds is 6. The van der Waals surface area contributed by atoms with Gasteiger partial charge in [-0.25, -0.2) is 4.98 Å². The van der Waals surface area contributed by atoms with Crippen LogP contribution in [0.3, 0.4) is 0 Å². The number of imidazole rings is 1. The van der Waals surface area contributed by atoms with Crippen molar-refractivity contribution in [2.45, 2.75) is 59.2 Å². The standard InChI is InChI=1S/C26H33BrN4O/c1-18(2)30(19(3)4)26(32)20-9-8-14-29(16-20)17-25-28-23-12-5-6-13-24(23)31(25)22-11-7-10-21(27)15-22/h5-7,10-13,15,18-20H,8-9,14,16-17H2,1-4H3/t20-/m0/s1. The van der Waals surface area contributed by atoms with Gasteiger partial charge in [-0.1, -0.05) is 34.1 Å². The Bertz CT molecular complexity index is 1080. The van der Waals surface area contributed by atoms with Gasteiger partial charge in [0.2, 0.25) is 5.91 Å². The van der Waals surface area contributed by atoms with Crippen LogP contribution in [0.1, 0.15) is 46.4 Å². The molecule has 3 aromatic rings. The van der Waals surface area contributed by atoms with Crippen molar-refractivity contribution < 1.29 is 4.79 Å². The zero-order valence-electron chi connectivity index (χ0n) is 19.5. The first-order chi connectivity index (χ1) is 15.3. The summed E-state index contributed by atoms with van der Waals surface area (Å²) in [5, 5.41) is 0. The van der Waals surface area contributed by atoms with E-state index in [1.54, 1.807) is 0 Å². The first-order valence-electron chi connectivity index (χ1n) is 11.6. The van der Waals surface area contributed by atoms with Crippen LogP contribution in [0.5, 0.6) is 0 Å². The Morgan fingerprint density at radius 1 is 1.12 bits per heavy atom. The van der Waals surface area contributed by atoms with Crippen LogP contribution in [0.15, 0.2) is 53.0 Å². The number of halogens is 1. The summed E-state index contributed by atoms with van der Waals surface area (Å²) < 4.78 is 3.30. The Morgan fingerprint density at radius 3 is 2.59 bits per heavy atom. The maximum Gasteiger partial charge on any atom is 0.227 e. The van der Waals surface area contributed by atoms with E-state index < -0.39 is 0 Å². The normalized spacial score (nSPS) is 17.4. The van der Waals surface area contributed by atoms with Gasteiger partial charge in [-0.05, 0) is 77.4 Å². The topological polar surface area (TPSA) is 41.4 Å². The van der Waals surface area contributed by atoms with Crippen LogP contribution in [0.25, 0.3) is 16.7 Å². The molecule has 0 spiro atoms. The predicted molar refractivity (Wildman–Crippen MR) is 134 cm³/mol. The minimum absolute atomic E-state index is 0.0530. The summed E-state index contributed by atoms with van der Waals surface area (Å²) in [4.78, 5) is 22.8. The number of amides is 1. The molecule has 0 radical (unpaired) electrons. The number of aromatic nitrogens is 2. The van der Waals surface area contributed by atoms with E-state index in [9.17, 15) is 4.79 Å². The van der Waals surface area contributed by atoms with Crippen LogP contribution in [0.4, 0.5) is 0 Å². The molecule has 2 aromatic carbocycles. The first kappa shape index (κ1) is 23.0. The first-order valence-corrected chi connectivity index (χ1v) is 12.4. The second kappa shape index (κ2) is 9.75. The molecule has 1 amide bonds. The molecule has 2 heterocycles. The fourth-order valence-corrected chi connectivity index (χ4v) is 5.39. The van der Waals surface area contributed by atoms with Crippen LogP contribution < -0.4 is 0 Å². The van der Waals surface area contributed by atoms with Gasteiger partial charge < -0.3 is 4.90 Å². The lowest BCUT2D eigenvalue weighted by molar-refractivity contribution is -0.141. The van der Waals surface area contributed by atoms with Gasteiger partial charge in [0.05, 0.1) is 23.5 Å². The van der Waals surface area contributed by atoms with E-state index in [0.717, 1.165) is 59.5 Å². The lowest BCUT2D eigenvalue weighted by atomic mass is 9.95. The number of hydrogen-bond acceptors (Lipinski definition) is 3.